The molecule has 1 N–H and O–H groups in total. The molecule has 0 spiro atoms. The topological polar surface area (TPSA) is 75.7 Å². The van der Waals surface area contributed by atoms with Gasteiger partial charge in [0.1, 0.15) is 5.75 Å². The van der Waals surface area contributed by atoms with Gasteiger partial charge in [0.25, 0.3) is 0 Å². The summed E-state index contributed by atoms with van der Waals surface area (Å²) < 4.78 is 28.5. The third-order valence-corrected chi connectivity index (χ3v) is 5.48. The summed E-state index contributed by atoms with van der Waals surface area (Å²) >= 11 is 0. The summed E-state index contributed by atoms with van der Waals surface area (Å²) in [5.41, 5.74) is 0.693. The van der Waals surface area contributed by atoms with Gasteiger partial charge in [0, 0.05) is 11.7 Å². The van der Waals surface area contributed by atoms with Gasteiger partial charge in [0.15, 0.2) is 9.84 Å². The summed E-state index contributed by atoms with van der Waals surface area (Å²) in [6.07, 6.45) is 0.694. The normalized spacial score (nSPS) is 20.0. The number of carbonyl (C=O) groups is 1. The van der Waals surface area contributed by atoms with Crippen molar-refractivity contribution in [1.82, 2.24) is 4.90 Å². The molecule has 1 aliphatic heterocycles. The average Bonchev–Trinajstić information content (AvgIpc) is 2.81. The molecule has 1 aromatic rings. The Morgan fingerprint density at radius 1 is 1.35 bits per heavy atom. The highest BCUT2D eigenvalue weighted by Gasteiger charge is 2.31. The molecule has 1 fully saturated rings. The summed E-state index contributed by atoms with van der Waals surface area (Å²) in [4.78, 5) is 13.9. The molecule has 1 heterocycles. The molecule has 23 heavy (non-hydrogen) atoms. The van der Waals surface area contributed by atoms with E-state index in [1.54, 1.807) is 24.1 Å². The molecule has 1 saturated heterocycles. The second-order valence-corrected chi connectivity index (χ2v) is 8.44. The number of ether oxygens (including phenoxy) is 1. The third kappa shape index (κ3) is 5.51. The van der Waals surface area contributed by atoms with E-state index < -0.39 is 9.84 Å². The van der Waals surface area contributed by atoms with Gasteiger partial charge in [-0.2, -0.15) is 0 Å². The Balaban J connectivity index is 1.84. The van der Waals surface area contributed by atoms with E-state index in [0.29, 0.717) is 12.1 Å². The maximum Gasteiger partial charge on any atom is 0.238 e. The van der Waals surface area contributed by atoms with Crippen molar-refractivity contribution < 1.29 is 17.9 Å². The van der Waals surface area contributed by atoms with Crippen molar-refractivity contribution in [2.75, 3.05) is 30.4 Å². The van der Waals surface area contributed by atoms with Crippen LogP contribution in [-0.2, 0) is 14.6 Å². The lowest BCUT2D eigenvalue weighted by Crippen LogP contribution is -2.38. The van der Waals surface area contributed by atoms with Crippen LogP contribution < -0.4 is 10.1 Å². The van der Waals surface area contributed by atoms with Gasteiger partial charge in [-0.15, -0.1) is 0 Å². The highest BCUT2D eigenvalue weighted by molar-refractivity contribution is 7.91. The summed E-state index contributed by atoms with van der Waals surface area (Å²) in [6.45, 7) is 4.08. The number of hydrogen-bond acceptors (Lipinski definition) is 5. The summed E-state index contributed by atoms with van der Waals surface area (Å²) in [5.74, 6) is 0.944. The van der Waals surface area contributed by atoms with Crippen LogP contribution in [0.4, 0.5) is 5.69 Å². The first-order chi connectivity index (χ1) is 10.7. The number of benzene rings is 1. The fourth-order valence-electron chi connectivity index (χ4n) is 2.57. The van der Waals surface area contributed by atoms with E-state index >= 15 is 0 Å². The van der Waals surface area contributed by atoms with Crippen molar-refractivity contribution in [2.24, 2.45) is 0 Å². The number of rotatable bonds is 6. The predicted molar refractivity (Wildman–Crippen MR) is 90.5 cm³/mol. The molecule has 1 atom stereocenters. The van der Waals surface area contributed by atoms with E-state index in [0.717, 1.165) is 5.75 Å². The molecule has 0 bridgehead atoms. The molecule has 0 aromatic heterocycles. The van der Waals surface area contributed by atoms with Gasteiger partial charge in [0.2, 0.25) is 5.91 Å². The molecule has 1 unspecified atom stereocenters. The number of carbonyl (C=O) groups excluding carboxylic acids is 1. The molecule has 1 aliphatic rings. The quantitative estimate of drug-likeness (QED) is 0.850. The zero-order valence-electron chi connectivity index (χ0n) is 13.8. The van der Waals surface area contributed by atoms with Crippen LogP contribution in [0, 0.1) is 0 Å². The molecule has 6 nitrogen and oxygen atoms in total. The monoisotopic (exact) mass is 340 g/mol. The first-order valence-corrected chi connectivity index (χ1v) is 9.54. The van der Waals surface area contributed by atoms with Gasteiger partial charge in [0.05, 0.1) is 24.2 Å². The largest absolute Gasteiger partial charge is 0.491 e. The number of likely N-dealkylation sites (N-methyl/N-ethyl adjacent to an activating group) is 1. The molecular weight excluding hydrogens is 316 g/mol. The Kier molecular flexibility index (Phi) is 5.64. The smallest absolute Gasteiger partial charge is 0.238 e. The van der Waals surface area contributed by atoms with Crippen molar-refractivity contribution in [3.63, 3.8) is 0 Å². The molecule has 1 amide bonds. The van der Waals surface area contributed by atoms with Crippen molar-refractivity contribution >= 4 is 21.4 Å². The first-order valence-electron chi connectivity index (χ1n) is 7.72. The molecule has 2 rings (SSSR count). The third-order valence-electron chi connectivity index (χ3n) is 3.73. The van der Waals surface area contributed by atoms with E-state index in [1.807, 2.05) is 26.0 Å². The fourth-order valence-corrected chi connectivity index (χ4v) is 4.37. The number of sulfone groups is 1. The van der Waals surface area contributed by atoms with E-state index in [4.69, 9.17) is 4.74 Å². The van der Waals surface area contributed by atoms with Crippen LogP contribution in [-0.4, -0.2) is 56.5 Å². The average molecular weight is 340 g/mol. The second-order valence-electron chi connectivity index (χ2n) is 6.21. The van der Waals surface area contributed by atoms with E-state index in [9.17, 15) is 13.2 Å². The minimum Gasteiger partial charge on any atom is -0.491 e. The van der Waals surface area contributed by atoms with Gasteiger partial charge in [-0.05, 0) is 51.6 Å². The molecule has 7 heteroatoms. The van der Waals surface area contributed by atoms with Crippen LogP contribution in [0.5, 0.6) is 5.75 Å². The molecular formula is C16H24N2O4S. The lowest BCUT2D eigenvalue weighted by molar-refractivity contribution is -0.117. The van der Waals surface area contributed by atoms with Crippen LogP contribution >= 0.6 is 0 Å². The maximum absolute atomic E-state index is 12.1. The molecule has 0 radical (unpaired) electrons. The minimum atomic E-state index is -2.94. The number of nitrogens with zero attached hydrogens (tertiary/aromatic N) is 1. The van der Waals surface area contributed by atoms with E-state index in [-0.39, 0.29) is 36.1 Å². The van der Waals surface area contributed by atoms with Gasteiger partial charge in [-0.1, -0.05) is 0 Å². The Bertz CT molecular complexity index is 641. The number of hydrogen-bond donors (Lipinski definition) is 1. The first kappa shape index (κ1) is 17.7. The Hall–Kier alpha value is -1.60. The van der Waals surface area contributed by atoms with Crippen molar-refractivity contribution in [2.45, 2.75) is 32.4 Å². The Labute approximate surface area is 137 Å². The standard InChI is InChI=1S/C16H24N2O4S/c1-12(2)22-15-6-4-13(5-7-15)17-16(19)10-18(3)14-8-9-23(20,21)11-14/h4-7,12,14H,8-11H2,1-3H3,(H,17,19). The van der Waals surface area contributed by atoms with Gasteiger partial charge >= 0.3 is 0 Å². The number of anilines is 1. The molecule has 128 valence electrons. The Morgan fingerprint density at radius 3 is 2.52 bits per heavy atom. The highest BCUT2D eigenvalue weighted by atomic mass is 32.2. The van der Waals surface area contributed by atoms with Gasteiger partial charge in [-0.25, -0.2) is 8.42 Å². The maximum atomic E-state index is 12.1. The number of nitrogens with one attached hydrogen (secondary N) is 1. The van der Waals surface area contributed by atoms with Crippen LogP contribution in [0.2, 0.25) is 0 Å². The van der Waals surface area contributed by atoms with Crippen LogP contribution in [0.1, 0.15) is 20.3 Å². The zero-order chi connectivity index (χ0) is 17.0. The minimum absolute atomic E-state index is 0.0763. The van der Waals surface area contributed by atoms with Gasteiger partial charge < -0.3 is 10.1 Å². The van der Waals surface area contributed by atoms with Crippen LogP contribution in [0.25, 0.3) is 0 Å². The zero-order valence-corrected chi connectivity index (χ0v) is 14.6. The van der Waals surface area contributed by atoms with Crippen LogP contribution in [0.15, 0.2) is 24.3 Å². The number of amides is 1. The summed E-state index contributed by atoms with van der Waals surface area (Å²) in [6, 6.07) is 7.12. The Morgan fingerprint density at radius 2 is 2.00 bits per heavy atom. The predicted octanol–water partition coefficient (Wildman–Crippen LogP) is 1.53. The lowest BCUT2D eigenvalue weighted by atomic mass is 10.2. The van der Waals surface area contributed by atoms with Crippen molar-refractivity contribution in [1.29, 1.82) is 0 Å². The molecule has 1 aromatic carbocycles. The molecule has 0 saturated carbocycles. The summed E-state index contributed by atoms with van der Waals surface area (Å²) in [7, 11) is -1.15. The van der Waals surface area contributed by atoms with Crippen molar-refractivity contribution in [3.05, 3.63) is 24.3 Å². The van der Waals surface area contributed by atoms with E-state index in [1.165, 1.54) is 0 Å². The lowest BCUT2D eigenvalue weighted by Gasteiger charge is -2.22. The summed E-state index contributed by atoms with van der Waals surface area (Å²) in [5, 5.41) is 2.81. The van der Waals surface area contributed by atoms with E-state index in [2.05, 4.69) is 5.32 Å². The van der Waals surface area contributed by atoms with Crippen LogP contribution in [0.3, 0.4) is 0 Å². The van der Waals surface area contributed by atoms with Crippen molar-refractivity contribution in [3.8, 4) is 5.75 Å². The van der Waals surface area contributed by atoms with Gasteiger partial charge in [-0.3, -0.25) is 9.69 Å². The second kappa shape index (κ2) is 7.31. The highest BCUT2D eigenvalue weighted by Crippen LogP contribution is 2.18. The SMILES string of the molecule is CC(C)Oc1ccc(NC(=O)CN(C)C2CCS(=O)(=O)C2)cc1. The fraction of sp³-hybridized carbons (Fsp3) is 0.562. The molecule has 0 aliphatic carbocycles.